The summed E-state index contributed by atoms with van der Waals surface area (Å²) in [5.74, 6) is 0.0839. The highest BCUT2D eigenvalue weighted by atomic mass is 32.1. The minimum absolute atomic E-state index is 0.266. The molecule has 0 amide bonds. The third-order valence-corrected chi connectivity index (χ3v) is 5.00. The number of benzene rings is 1. The van der Waals surface area contributed by atoms with Crippen LogP contribution in [-0.2, 0) is 5.54 Å². The molecule has 0 unspecified atom stereocenters. The molecule has 0 radical (unpaired) electrons. The zero-order valence-electron chi connectivity index (χ0n) is 12.8. The molecule has 25 heavy (non-hydrogen) atoms. The lowest BCUT2D eigenvalue weighted by Crippen LogP contribution is -2.21. The third kappa shape index (κ3) is 3.07. The predicted octanol–water partition coefficient (Wildman–Crippen LogP) is 4.17. The largest absolute Gasteiger partial charge is 0.345 e. The van der Waals surface area contributed by atoms with Crippen molar-refractivity contribution in [3.63, 3.8) is 0 Å². The lowest BCUT2D eigenvalue weighted by Gasteiger charge is -2.18. The van der Waals surface area contributed by atoms with Crippen molar-refractivity contribution in [1.82, 2.24) is 20.2 Å². The average molecular weight is 363 g/mol. The molecular formula is C16H12F3N5S. The Labute approximate surface area is 145 Å². The first-order chi connectivity index (χ1) is 12.1. The molecular weight excluding hydrogens is 351 g/mol. The molecule has 9 heteroatoms. The highest BCUT2D eigenvalue weighted by Crippen LogP contribution is 2.48. The molecule has 3 aromatic rings. The number of alkyl halides is 2. The van der Waals surface area contributed by atoms with Crippen LogP contribution in [-0.4, -0.2) is 20.2 Å². The van der Waals surface area contributed by atoms with Crippen LogP contribution in [0.1, 0.15) is 29.8 Å². The molecule has 0 saturated heterocycles. The predicted molar refractivity (Wildman–Crippen MR) is 86.8 cm³/mol. The molecule has 128 valence electrons. The summed E-state index contributed by atoms with van der Waals surface area (Å²) in [6.07, 6.45) is 1.90. The average Bonchev–Trinajstić information content (AvgIpc) is 3.20. The summed E-state index contributed by atoms with van der Waals surface area (Å²) in [4.78, 5) is 8.39. The van der Waals surface area contributed by atoms with E-state index < -0.39 is 12.0 Å². The van der Waals surface area contributed by atoms with E-state index in [9.17, 15) is 13.2 Å². The Morgan fingerprint density at radius 1 is 1.08 bits per heavy atom. The van der Waals surface area contributed by atoms with Gasteiger partial charge in [-0.1, -0.05) is 29.5 Å². The van der Waals surface area contributed by atoms with E-state index in [0.29, 0.717) is 22.1 Å². The van der Waals surface area contributed by atoms with Crippen LogP contribution in [0.25, 0.3) is 10.6 Å². The van der Waals surface area contributed by atoms with Crippen LogP contribution in [0.4, 0.5) is 19.1 Å². The highest BCUT2D eigenvalue weighted by Gasteiger charge is 2.46. The fourth-order valence-electron chi connectivity index (χ4n) is 2.59. The zero-order chi connectivity index (χ0) is 17.4. The van der Waals surface area contributed by atoms with Gasteiger partial charge in [-0.05, 0) is 18.9 Å². The summed E-state index contributed by atoms with van der Waals surface area (Å²) < 4.78 is 39.2. The van der Waals surface area contributed by atoms with Gasteiger partial charge in [-0.15, -0.1) is 10.2 Å². The van der Waals surface area contributed by atoms with Gasteiger partial charge in [-0.25, -0.2) is 23.1 Å². The first-order valence-corrected chi connectivity index (χ1v) is 8.36. The molecule has 0 aliphatic heterocycles. The highest BCUT2D eigenvalue weighted by molar-refractivity contribution is 7.14. The molecule has 5 nitrogen and oxygen atoms in total. The normalized spacial score (nSPS) is 15.4. The van der Waals surface area contributed by atoms with Crippen molar-refractivity contribution >= 4 is 17.3 Å². The van der Waals surface area contributed by atoms with Crippen LogP contribution in [0, 0.1) is 5.82 Å². The molecule has 0 bridgehead atoms. The Balaban J connectivity index is 1.54. The maximum absolute atomic E-state index is 14.0. The number of halogens is 3. The SMILES string of the molecule is Fc1ccccc1C1(Nc2ncc(-c3nnc(C(F)F)s3)cn2)CC1. The van der Waals surface area contributed by atoms with Crippen molar-refractivity contribution in [2.24, 2.45) is 0 Å². The summed E-state index contributed by atoms with van der Waals surface area (Å²) in [5.41, 5.74) is 0.609. The molecule has 1 aliphatic rings. The molecule has 1 fully saturated rings. The van der Waals surface area contributed by atoms with E-state index >= 15 is 0 Å². The van der Waals surface area contributed by atoms with Crippen molar-refractivity contribution in [2.45, 2.75) is 24.8 Å². The number of anilines is 1. The molecule has 0 atom stereocenters. The maximum atomic E-state index is 14.0. The molecule has 4 rings (SSSR count). The summed E-state index contributed by atoms with van der Waals surface area (Å²) in [7, 11) is 0. The fourth-order valence-corrected chi connectivity index (χ4v) is 3.27. The van der Waals surface area contributed by atoms with E-state index in [2.05, 4.69) is 25.5 Å². The van der Waals surface area contributed by atoms with Crippen LogP contribution in [0.15, 0.2) is 36.7 Å². The second-order valence-corrected chi connectivity index (χ2v) is 6.74. The topological polar surface area (TPSA) is 63.6 Å². The molecule has 1 N–H and O–H groups in total. The van der Waals surface area contributed by atoms with Crippen molar-refractivity contribution < 1.29 is 13.2 Å². The summed E-state index contributed by atoms with van der Waals surface area (Å²) in [6, 6.07) is 6.62. The smallest absolute Gasteiger partial charge is 0.291 e. The van der Waals surface area contributed by atoms with E-state index in [-0.39, 0.29) is 10.8 Å². The van der Waals surface area contributed by atoms with E-state index in [0.717, 1.165) is 24.2 Å². The van der Waals surface area contributed by atoms with Crippen molar-refractivity contribution in [1.29, 1.82) is 0 Å². The fraction of sp³-hybridized carbons (Fsp3) is 0.250. The standard InChI is InChI=1S/C16H12F3N5S/c17-11-4-2-1-3-10(11)16(5-6-16)22-15-20-7-9(8-21-15)13-23-24-14(25-13)12(18)19/h1-4,7-8,12H,5-6H2,(H,20,21,22). The van der Waals surface area contributed by atoms with Crippen molar-refractivity contribution in [2.75, 3.05) is 5.32 Å². The van der Waals surface area contributed by atoms with E-state index in [1.807, 2.05) is 0 Å². The Kier molecular flexibility index (Phi) is 3.87. The third-order valence-electron chi connectivity index (χ3n) is 4.02. The maximum Gasteiger partial charge on any atom is 0.291 e. The van der Waals surface area contributed by atoms with Gasteiger partial charge in [0.15, 0.2) is 10.0 Å². The number of hydrogen-bond acceptors (Lipinski definition) is 6. The van der Waals surface area contributed by atoms with Crippen LogP contribution in [0.2, 0.25) is 0 Å². The van der Waals surface area contributed by atoms with E-state index in [1.54, 1.807) is 18.2 Å². The van der Waals surface area contributed by atoms with Crippen LogP contribution >= 0.6 is 11.3 Å². The number of nitrogens with zero attached hydrogens (tertiary/aromatic N) is 4. The zero-order valence-corrected chi connectivity index (χ0v) is 13.6. The second kappa shape index (κ2) is 6.07. The van der Waals surface area contributed by atoms with Crippen molar-refractivity contribution in [3.05, 3.63) is 53.0 Å². The van der Waals surface area contributed by atoms with Gasteiger partial charge in [0.25, 0.3) is 6.43 Å². The first-order valence-electron chi connectivity index (χ1n) is 7.54. The van der Waals surface area contributed by atoms with Gasteiger partial charge < -0.3 is 5.32 Å². The second-order valence-electron chi connectivity index (χ2n) is 5.73. The Morgan fingerprint density at radius 3 is 2.40 bits per heavy atom. The Bertz CT molecular complexity index is 893. The molecule has 2 aromatic heterocycles. The monoisotopic (exact) mass is 363 g/mol. The van der Waals surface area contributed by atoms with Crippen LogP contribution in [0.5, 0.6) is 0 Å². The molecule has 2 heterocycles. The van der Waals surface area contributed by atoms with Crippen LogP contribution in [0.3, 0.4) is 0 Å². The number of hydrogen-bond donors (Lipinski definition) is 1. The molecule has 1 saturated carbocycles. The first kappa shape index (κ1) is 15.9. The minimum Gasteiger partial charge on any atom is -0.345 e. The summed E-state index contributed by atoms with van der Waals surface area (Å²) in [5, 5.41) is 10.3. The molecule has 1 aromatic carbocycles. The molecule has 0 spiro atoms. The number of nitrogens with one attached hydrogen (secondary N) is 1. The lowest BCUT2D eigenvalue weighted by atomic mass is 10.0. The summed E-state index contributed by atoms with van der Waals surface area (Å²) >= 11 is 0.802. The van der Waals surface area contributed by atoms with Gasteiger partial charge in [0.1, 0.15) is 5.82 Å². The van der Waals surface area contributed by atoms with E-state index in [4.69, 9.17) is 0 Å². The molecule has 1 aliphatic carbocycles. The van der Waals surface area contributed by atoms with Crippen molar-refractivity contribution in [3.8, 4) is 10.6 Å². The van der Waals surface area contributed by atoms with E-state index in [1.165, 1.54) is 18.5 Å². The van der Waals surface area contributed by atoms with Gasteiger partial charge in [-0.2, -0.15) is 0 Å². The van der Waals surface area contributed by atoms with Gasteiger partial charge in [0, 0.05) is 23.5 Å². The van der Waals surface area contributed by atoms with Gasteiger partial charge in [0.2, 0.25) is 5.95 Å². The Morgan fingerprint density at radius 2 is 1.80 bits per heavy atom. The van der Waals surface area contributed by atoms with Gasteiger partial charge >= 0.3 is 0 Å². The number of aromatic nitrogens is 4. The lowest BCUT2D eigenvalue weighted by molar-refractivity contribution is 0.150. The number of rotatable bonds is 5. The summed E-state index contributed by atoms with van der Waals surface area (Å²) in [6.45, 7) is 0. The Hall–Kier alpha value is -2.55. The van der Waals surface area contributed by atoms with Gasteiger partial charge in [-0.3, -0.25) is 0 Å². The quantitative estimate of drug-likeness (QED) is 0.737. The van der Waals surface area contributed by atoms with Crippen LogP contribution < -0.4 is 5.32 Å². The minimum atomic E-state index is -2.65. The van der Waals surface area contributed by atoms with Gasteiger partial charge in [0.05, 0.1) is 5.54 Å².